The average Bonchev–Trinajstić information content (AvgIpc) is 2.99. The zero-order valence-corrected chi connectivity index (χ0v) is 18.6. The van der Waals surface area contributed by atoms with E-state index in [4.69, 9.17) is 10.5 Å². The van der Waals surface area contributed by atoms with Crippen LogP contribution in [0.5, 0.6) is 0 Å². The number of thiophene rings is 1. The fraction of sp³-hybridized carbons (Fsp3) is 0.647. The molecule has 0 radical (unpaired) electrons. The number of aryl methyl sites for hydroxylation is 1. The molecule has 0 spiro atoms. The summed E-state index contributed by atoms with van der Waals surface area (Å²) in [5, 5.41) is 0. The van der Waals surface area contributed by atoms with E-state index in [1.54, 1.807) is 16.2 Å². The van der Waals surface area contributed by atoms with Gasteiger partial charge in [-0.3, -0.25) is 0 Å². The normalized spacial score (nSPS) is 15.8. The smallest absolute Gasteiger partial charge is 0.410 e. The third kappa shape index (κ3) is 7.01. The molecule has 1 aliphatic rings. The Morgan fingerprint density at radius 1 is 1.20 bits per heavy atom. The summed E-state index contributed by atoms with van der Waals surface area (Å²) >= 11 is 1.78. The highest BCUT2D eigenvalue weighted by Crippen LogP contribution is 2.18. The minimum atomic E-state index is -0.466. The number of aliphatic imine (C=N–C) groups is 1. The maximum atomic E-state index is 12.1. The second-order valence-electron chi connectivity index (χ2n) is 6.85. The van der Waals surface area contributed by atoms with E-state index in [0.717, 1.165) is 6.42 Å². The first-order valence-electron chi connectivity index (χ1n) is 8.39. The lowest BCUT2D eigenvalue weighted by atomic mass is 10.2. The summed E-state index contributed by atoms with van der Waals surface area (Å²) < 4.78 is 5.40. The van der Waals surface area contributed by atoms with Crippen LogP contribution in [0.25, 0.3) is 0 Å². The molecule has 142 valence electrons. The highest BCUT2D eigenvalue weighted by atomic mass is 127. The summed E-state index contributed by atoms with van der Waals surface area (Å²) in [5.74, 6) is 0.547. The number of guanidine groups is 1. The van der Waals surface area contributed by atoms with Crippen molar-refractivity contribution >= 4 is 47.4 Å². The van der Waals surface area contributed by atoms with Crippen LogP contribution in [0, 0.1) is 0 Å². The molecule has 1 fully saturated rings. The van der Waals surface area contributed by atoms with Crippen molar-refractivity contribution in [1.29, 1.82) is 0 Å². The van der Waals surface area contributed by atoms with Gasteiger partial charge in [-0.15, -0.1) is 35.3 Å². The van der Waals surface area contributed by atoms with E-state index in [-0.39, 0.29) is 30.1 Å². The van der Waals surface area contributed by atoms with Crippen LogP contribution in [-0.2, 0) is 17.7 Å². The number of carbonyl (C=O) groups is 1. The first kappa shape index (κ1) is 22.0. The van der Waals surface area contributed by atoms with Gasteiger partial charge in [0.05, 0.1) is 6.54 Å². The van der Waals surface area contributed by atoms with Crippen molar-refractivity contribution in [3.05, 3.63) is 21.9 Å². The van der Waals surface area contributed by atoms with Gasteiger partial charge in [-0.1, -0.05) is 6.92 Å². The molecule has 8 heteroatoms. The van der Waals surface area contributed by atoms with Gasteiger partial charge in [-0.2, -0.15) is 0 Å². The van der Waals surface area contributed by atoms with Crippen molar-refractivity contribution in [2.75, 3.05) is 26.2 Å². The molecule has 1 aromatic heterocycles. The van der Waals surface area contributed by atoms with Gasteiger partial charge in [0, 0.05) is 35.9 Å². The highest BCUT2D eigenvalue weighted by Gasteiger charge is 2.26. The molecule has 0 atom stereocenters. The average molecular weight is 480 g/mol. The van der Waals surface area contributed by atoms with E-state index in [1.807, 2.05) is 25.7 Å². The Bertz CT molecular complexity index is 590. The van der Waals surface area contributed by atoms with Gasteiger partial charge in [0.15, 0.2) is 5.96 Å². The van der Waals surface area contributed by atoms with Gasteiger partial charge in [-0.05, 0) is 39.3 Å². The van der Waals surface area contributed by atoms with Crippen LogP contribution in [0.2, 0.25) is 0 Å². The number of nitrogens with zero attached hydrogens (tertiary/aromatic N) is 3. The quantitative estimate of drug-likeness (QED) is 0.410. The molecule has 0 saturated carbocycles. The van der Waals surface area contributed by atoms with Crippen LogP contribution in [0.3, 0.4) is 0 Å². The lowest BCUT2D eigenvalue weighted by Crippen LogP contribution is -2.53. The molecular weight excluding hydrogens is 451 g/mol. The standard InChI is InChI=1S/C17H28N4O2S.HI/c1-5-13-6-7-14(24-13)12-19-15(18)20-8-10-21(11-9-20)16(22)23-17(2,3)4;/h6-7H,5,8-12H2,1-4H3,(H2,18,19);1H. The summed E-state index contributed by atoms with van der Waals surface area (Å²) in [6.45, 7) is 11.0. The van der Waals surface area contributed by atoms with Crippen molar-refractivity contribution in [3.63, 3.8) is 0 Å². The van der Waals surface area contributed by atoms with Crippen LogP contribution >= 0.6 is 35.3 Å². The number of hydrogen-bond acceptors (Lipinski definition) is 4. The molecule has 25 heavy (non-hydrogen) atoms. The summed E-state index contributed by atoms with van der Waals surface area (Å²) in [4.78, 5) is 22.9. The number of hydrogen-bond donors (Lipinski definition) is 1. The van der Waals surface area contributed by atoms with Crippen LogP contribution in [0.4, 0.5) is 4.79 Å². The topological polar surface area (TPSA) is 71.2 Å². The van der Waals surface area contributed by atoms with Crippen LogP contribution in [0.1, 0.15) is 37.4 Å². The van der Waals surface area contributed by atoms with E-state index in [9.17, 15) is 4.79 Å². The van der Waals surface area contributed by atoms with Gasteiger partial charge >= 0.3 is 6.09 Å². The lowest BCUT2D eigenvalue weighted by Gasteiger charge is -2.36. The molecule has 2 N–H and O–H groups in total. The first-order valence-corrected chi connectivity index (χ1v) is 9.20. The zero-order chi connectivity index (χ0) is 17.7. The summed E-state index contributed by atoms with van der Waals surface area (Å²) in [7, 11) is 0. The maximum Gasteiger partial charge on any atom is 0.410 e. The molecule has 1 aliphatic heterocycles. The fourth-order valence-corrected chi connectivity index (χ4v) is 3.28. The summed E-state index contributed by atoms with van der Waals surface area (Å²) in [6, 6.07) is 4.26. The molecule has 6 nitrogen and oxygen atoms in total. The fourth-order valence-electron chi connectivity index (χ4n) is 2.40. The van der Waals surface area contributed by atoms with Crippen molar-refractivity contribution < 1.29 is 9.53 Å². The molecule has 0 aromatic carbocycles. The summed E-state index contributed by atoms with van der Waals surface area (Å²) in [6.07, 6.45) is 0.791. The molecule has 2 rings (SSSR count). The second-order valence-corrected chi connectivity index (χ2v) is 8.10. The minimum Gasteiger partial charge on any atom is -0.444 e. The molecule has 0 bridgehead atoms. The number of nitrogens with two attached hydrogens (primary N) is 1. The molecule has 0 unspecified atom stereocenters. The summed E-state index contributed by atoms with van der Waals surface area (Å²) in [5.41, 5.74) is 5.64. The molecule has 0 aliphatic carbocycles. The van der Waals surface area contributed by atoms with Crippen molar-refractivity contribution in [1.82, 2.24) is 9.80 Å². The Morgan fingerprint density at radius 3 is 2.28 bits per heavy atom. The Balaban J connectivity index is 0.00000312. The first-order chi connectivity index (χ1) is 11.3. The Kier molecular flexibility index (Phi) is 8.46. The van der Waals surface area contributed by atoms with Crippen LogP contribution < -0.4 is 5.73 Å². The van der Waals surface area contributed by atoms with Gasteiger partial charge < -0.3 is 20.3 Å². The largest absolute Gasteiger partial charge is 0.444 e. The monoisotopic (exact) mass is 480 g/mol. The molecular formula is C17H29IN4O2S. The van der Waals surface area contributed by atoms with Crippen molar-refractivity contribution in [2.24, 2.45) is 10.7 Å². The molecule has 2 heterocycles. The molecule has 1 aromatic rings. The SMILES string of the molecule is CCc1ccc(CN=C(N)N2CCN(C(=O)OC(C)(C)C)CC2)s1.I. The van der Waals surface area contributed by atoms with Gasteiger partial charge in [0.1, 0.15) is 5.60 Å². The van der Waals surface area contributed by atoms with Gasteiger partial charge in [0.25, 0.3) is 0 Å². The van der Waals surface area contributed by atoms with E-state index in [2.05, 4.69) is 24.0 Å². The highest BCUT2D eigenvalue weighted by molar-refractivity contribution is 14.0. The van der Waals surface area contributed by atoms with E-state index >= 15 is 0 Å². The predicted molar refractivity (Wildman–Crippen MR) is 114 cm³/mol. The van der Waals surface area contributed by atoms with Gasteiger partial charge in [-0.25, -0.2) is 9.79 Å². The third-order valence-corrected chi connectivity index (χ3v) is 4.93. The number of amides is 1. The van der Waals surface area contributed by atoms with Crippen molar-refractivity contribution in [2.45, 2.75) is 46.3 Å². The van der Waals surface area contributed by atoms with Crippen molar-refractivity contribution in [3.8, 4) is 0 Å². The number of halogens is 1. The number of piperazine rings is 1. The van der Waals surface area contributed by atoms with Gasteiger partial charge in [0.2, 0.25) is 0 Å². The predicted octanol–water partition coefficient (Wildman–Crippen LogP) is 3.30. The van der Waals surface area contributed by atoms with Crippen LogP contribution in [-0.4, -0.2) is 53.6 Å². The Morgan fingerprint density at radius 2 is 1.76 bits per heavy atom. The second kappa shape index (κ2) is 9.61. The van der Waals surface area contributed by atoms with E-state index in [1.165, 1.54) is 9.75 Å². The minimum absolute atomic E-state index is 0. The Labute approximate surface area is 171 Å². The van der Waals surface area contributed by atoms with Crippen LogP contribution in [0.15, 0.2) is 17.1 Å². The number of rotatable bonds is 3. The number of ether oxygens (including phenoxy) is 1. The third-order valence-electron chi connectivity index (χ3n) is 3.72. The maximum absolute atomic E-state index is 12.1. The zero-order valence-electron chi connectivity index (χ0n) is 15.4. The van der Waals surface area contributed by atoms with E-state index in [0.29, 0.717) is 38.7 Å². The number of carbonyl (C=O) groups excluding carboxylic acids is 1. The molecule has 1 amide bonds. The molecule has 1 saturated heterocycles. The van der Waals surface area contributed by atoms with E-state index < -0.39 is 5.60 Å². The Hall–Kier alpha value is -1.03. The lowest BCUT2D eigenvalue weighted by molar-refractivity contribution is 0.0186.